The second-order valence-corrected chi connectivity index (χ2v) is 5.87. The van der Waals surface area contributed by atoms with Gasteiger partial charge in [-0.05, 0) is 29.8 Å². The van der Waals surface area contributed by atoms with Crippen LogP contribution in [0.25, 0.3) is 0 Å². The van der Waals surface area contributed by atoms with E-state index in [2.05, 4.69) is 5.32 Å². The average Bonchev–Trinajstić information content (AvgIpc) is 3.03. The second-order valence-electron chi connectivity index (χ2n) is 5.43. The van der Waals surface area contributed by atoms with Gasteiger partial charge in [-0.2, -0.15) is 13.2 Å². The number of halogens is 5. The van der Waals surface area contributed by atoms with E-state index in [1.54, 1.807) is 12.1 Å². The molecule has 0 bridgehead atoms. The fourth-order valence-electron chi connectivity index (χ4n) is 2.93. The molecule has 8 heteroatoms. The highest BCUT2D eigenvalue weighted by Crippen LogP contribution is 2.40. The van der Waals surface area contributed by atoms with Gasteiger partial charge in [0, 0.05) is 31.2 Å². The van der Waals surface area contributed by atoms with Crippen LogP contribution < -0.4 is 5.32 Å². The van der Waals surface area contributed by atoms with Gasteiger partial charge in [0.05, 0.1) is 17.9 Å². The standard InChI is InChI=1S/C16H16ClF3N2O.ClH/c17-11-3-4-12(13(10-11)16(18,19)20)15(14-2-1-9-23-14)22-7-5-21-6-8-22;/h1-4,9-10,15,21H,5-8H2;1H/t15-;/m1./s1. The van der Waals surface area contributed by atoms with Gasteiger partial charge >= 0.3 is 6.18 Å². The number of hydrogen-bond acceptors (Lipinski definition) is 3. The molecule has 0 amide bonds. The highest BCUT2D eigenvalue weighted by atomic mass is 35.5. The Balaban J connectivity index is 0.00000208. The zero-order chi connectivity index (χ0) is 16.4. The maximum atomic E-state index is 13.5. The highest BCUT2D eigenvalue weighted by Gasteiger charge is 2.38. The van der Waals surface area contributed by atoms with E-state index < -0.39 is 17.8 Å². The van der Waals surface area contributed by atoms with Crippen LogP contribution in [0.5, 0.6) is 0 Å². The molecule has 3 nitrogen and oxygen atoms in total. The number of rotatable bonds is 3. The van der Waals surface area contributed by atoms with Crippen molar-refractivity contribution in [2.45, 2.75) is 12.2 Å². The predicted octanol–water partition coefficient (Wildman–Crippen LogP) is 4.37. The van der Waals surface area contributed by atoms with E-state index in [9.17, 15) is 13.2 Å². The van der Waals surface area contributed by atoms with Crippen LogP contribution in [0.1, 0.15) is 22.9 Å². The Kier molecular flexibility index (Phi) is 6.20. The molecule has 1 aromatic heterocycles. The zero-order valence-corrected chi connectivity index (χ0v) is 14.2. The molecule has 1 atom stereocenters. The summed E-state index contributed by atoms with van der Waals surface area (Å²) in [5, 5.41) is 3.27. The van der Waals surface area contributed by atoms with Gasteiger partial charge in [0.2, 0.25) is 0 Å². The molecule has 1 aliphatic heterocycles. The van der Waals surface area contributed by atoms with Crippen LogP contribution in [0.2, 0.25) is 5.02 Å². The van der Waals surface area contributed by atoms with Crippen LogP contribution in [-0.4, -0.2) is 31.1 Å². The molecule has 0 spiro atoms. The van der Waals surface area contributed by atoms with Gasteiger partial charge in [0.15, 0.2) is 0 Å². The molecular formula is C16H17Cl2F3N2O. The van der Waals surface area contributed by atoms with Crippen LogP contribution in [0.3, 0.4) is 0 Å². The van der Waals surface area contributed by atoms with Crippen molar-refractivity contribution in [3.8, 4) is 0 Å². The Bertz CT molecular complexity index is 656. The Hall–Kier alpha value is -1.21. The van der Waals surface area contributed by atoms with Crippen molar-refractivity contribution in [1.29, 1.82) is 0 Å². The van der Waals surface area contributed by atoms with Gasteiger partial charge < -0.3 is 9.73 Å². The first kappa shape index (κ1) is 19.1. The number of nitrogens with one attached hydrogen (secondary N) is 1. The van der Waals surface area contributed by atoms with Crippen LogP contribution >= 0.6 is 24.0 Å². The third-order valence-corrected chi connectivity index (χ3v) is 4.18. The molecule has 1 aliphatic rings. The molecule has 2 aromatic rings. The molecule has 1 saturated heterocycles. The third-order valence-electron chi connectivity index (χ3n) is 3.94. The molecule has 1 aromatic carbocycles. The molecule has 1 N–H and O–H groups in total. The smallest absolute Gasteiger partial charge is 0.416 e. The maximum absolute atomic E-state index is 13.5. The number of nitrogens with zero attached hydrogens (tertiary/aromatic N) is 1. The van der Waals surface area contributed by atoms with E-state index in [-0.39, 0.29) is 23.0 Å². The van der Waals surface area contributed by atoms with E-state index in [1.807, 2.05) is 4.90 Å². The van der Waals surface area contributed by atoms with Crippen molar-refractivity contribution in [3.63, 3.8) is 0 Å². The molecule has 24 heavy (non-hydrogen) atoms. The minimum atomic E-state index is -4.47. The third kappa shape index (κ3) is 4.06. The topological polar surface area (TPSA) is 28.4 Å². The maximum Gasteiger partial charge on any atom is 0.416 e. The number of furan rings is 1. The molecule has 1 fully saturated rings. The first-order chi connectivity index (χ1) is 11.0. The fraction of sp³-hybridized carbons (Fsp3) is 0.375. The summed E-state index contributed by atoms with van der Waals surface area (Å²) in [6.07, 6.45) is -2.99. The Morgan fingerprint density at radius 1 is 1.17 bits per heavy atom. The fourth-order valence-corrected chi connectivity index (χ4v) is 3.10. The Morgan fingerprint density at radius 3 is 2.46 bits per heavy atom. The lowest BCUT2D eigenvalue weighted by atomic mass is 9.96. The zero-order valence-electron chi connectivity index (χ0n) is 12.6. The molecule has 3 rings (SSSR count). The summed E-state index contributed by atoms with van der Waals surface area (Å²) >= 11 is 5.79. The number of piperazine rings is 1. The minimum Gasteiger partial charge on any atom is -0.467 e. The van der Waals surface area contributed by atoms with Crippen LogP contribution in [0, 0.1) is 0 Å². The molecule has 0 unspecified atom stereocenters. The summed E-state index contributed by atoms with van der Waals surface area (Å²) in [5.41, 5.74) is -0.552. The van der Waals surface area contributed by atoms with Crippen molar-refractivity contribution in [3.05, 3.63) is 58.5 Å². The average molecular weight is 381 g/mol. The summed E-state index contributed by atoms with van der Waals surface area (Å²) < 4.78 is 45.9. The van der Waals surface area contributed by atoms with Crippen molar-refractivity contribution >= 4 is 24.0 Å². The number of benzene rings is 1. The lowest BCUT2D eigenvalue weighted by Crippen LogP contribution is -2.45. The van der Waals surface area contributed by atoms with Crippen molar-refractivity contribution in [1.82, 2.24) is 10.2 Å². The number of alkyl halides is 3. The van der Waals surface area contributed by atoms with Gasteiger partial charge in [-0.1, -0.05) is 17.7 Å². The molecule has 0 saturated carbocycles. The largest absolute Gasteiger partial charge is 0.467 e. The monoisotopic (exact) mass is 380 g/mol. The predicted molar refractivity (Wildman–Crippen MR) is 88.7 cm³/mol. The van der Waals surface area contributed by atoms with E-state index >= 15 is 0 Å². The molecular weight excluding hydrogens is 364 g/mol. The van der Waals surface area contributed by atoms with Crippen LogP contribution in [0.4, 0.5) is 13.2 Å². The van der Waals surface area contributed by atoms with Gasteiger partial charge in [0.1, 0.15) is 5.76 Å². The SMILES string of the molecule is Cl.FC(F)(F)c1cc(Cl)ccc1[C@H](c1ccco1)N1CCNCC1. The van der Waals surface area contributed by atoms with E-state index in [1.165, 1.54) is 18.4 Å². The molecule has 132 valence electrons. The van der Waals surface area contributed by atoms with Gasteiger partial charge in [-0.3, -0.25) is 4.90 Å². The molecule has 2 heterocycles. The first-order valence-corrected chi connectivity index (χ1v) is 7.69. The van der Waals surface area contributed by atoms with E-state index in [0.717, 1.165) is 19.2 Å². The van der Waals surface area contributed by atoms with Crippen molar-refractivity contribution in [2.75, 3.05) is 26.2 Å². The molecule has 0 radical (unpaired) electrons. The lowest BCUT2D eigenvalue weighted by molar-refractivity contribution is -0.138. The molecule has 0 aliphatic carbocycles. The summed E-state index contributed by atoms with van der Waals surface area (Å²) in [5.74, 6) is 0.500. The summed E-state index contributed by atoms with van der Waals surface area (Å²) in [6, 6.07) is 6.73. The number of hydrogen-bond donors (Lipinski definition) is 1. The van der Waals surface area contributed by atoms with Gasteiger partial charge in [-0.25, -0.2) is 0 Å². The van der Waals surface area contributed by atoms with E-state index in [4.69, 9.17) is 16.0 Å². The van der Waals surface area contributed by atoms with Crippen molar-refractivity contribution in [2.24, 2.45) is 0 Å². The quantitative estimate of drug-likeness (QED) is 0.856. The Morgan fingerprint density at radius 2 is 1.88 bits per heavy atom. The highest BCUT2D eigenvalue weighted by molar-refractivity contribution is 6.30. The van der Waals surface area contributed by atoms with Crippen LogP contribution in [-0.2, 0) is 6.18 Å². The summed E-state index contributed by atoms with van der Waals surface area (Å²) in [6.45, 7) is 2.74. The Labute approximate surface area is 149 Å². The van der Waals surface area contributed by atoms with Gasteiger partial charge in [0.25, 0.3) is 0 Å². The summed E-state index contributed by atoms with van der Waals surface area (Å²) in [7, 11) is 0. The lowest BCUT2D eigenvalue weighted by Gasteiger charge is -2.35. The van der Waals surface area contributed by atoms with Crippen molar-refractivity contribution < 1.29 is 17.6 Å². The second kappa shape index (κ2) is 7.78. The first-order valence-electron chi connectivity index (χ1n) is 7.31. The summed E-state index contributed by atoms with van der Waals surface area (Å²) in [4.78, 5) is 1.99. The van der Waals surface area contributed by atoms with Gasteiger partial charge in [-0.15, -0.1) is 12.4 Å². The van der Waals surface area contributed by atoms with E-state index in [0.29, 0.717) is 18.8 Å². The minimum absolute atomic E-state index is 0. The normalized spacial score (nSPS) is 17.3. The van der Waals surface area contributed by atoms with Crippen LogP contribution in [0.15, 0.2) is 41.0 Å².